The average molecular weight is 579 g/mol. The molecule has 1 aliphatic rings. The maximum absolute atomic E-state index is 12.3. The number of para-hydroxylation sites is 1. The van der Waals surface area contributed by atoms with Crippen LogP contribution >= 0.6 is 12.0 Å². The number of rotatable bonds is 11. The Hall–Kier alpha value is -3.03. The van der Waals surface area contributed by atoms with Gasteiger partial charge in [0.2, 0.25) is 12.2 Å². The van der Waals surface area contributed by atoms with E-state index in [1.165, 1.54) is 19.1 Å². The first kappa shape index (κ1) is 31.5. The zero-order chi connectivity index (χ0) is 29.3. The topological polar surface area (TPSA) is 156 Å². The number of aliphatic hydroxyl groups excluding tert-OH is 3. The van der Waals surface area contributed by atoms with Crippen LogP contribution in [0.1, 0.15) is 38.3 Å². The highest BCUT2D eigenvalue weighted by atomic mass is 32.2. The molecule has 220 valence electrons. The van der Waals surface area contributed by atoms with Crippen LogP contribution in [0.3, 0.4) is 0 Å². The minimum atomic E-state index is -1.17. The summed E-state index contributed by atoms with van der Waals surface area (Å²) in [5.74, 6) is 1.25. The number of nitrogens with one attached hydrogen (secondary N) is 2. The number of aliphatic hydroxyl groups is 3. The third-order valence-electron chi connectivity index (χ3n) is 5.93. The molecule has 5 unspecified atom stereocenters. The molecule has 1 fully saturated rings. The van der Waals surface area contributed by atoms with Gasteiger partial charge >= 0.3 is 6.09 Å². The number of benzene rings is 2. The first-order valence-corrected chi connectivity index (χ1v) is 13.9. The van der Waals surface area contributed by atoms with Gasteiger partial charge in [0, 0.05) is 25.5 Å². The SMILES string of the molecule is CNC(=O)C(Cc1ccc(OSCc2ccccc2OC2CC(O)C(O)C(CO)O2)cc1)NC(=O)OC(C)(C)C. The molecule has 0 radical (unpaired) electrons. The van der Waals surface area contributed by atoms with Crippen LogP contribution in [0.4, 0.5) is 4.79 Å². The lowest BCUT2D eigenvalue weighted by atomic mass is 10.0. The van der Waals surface area contributed by atoms with Gasteiger partial charge in [0.15, 0.2) is 0 Å². The van der Waals surface area contributed by atoms with E-state index < -0.39 is 48.9 Å². The zero-order valence-electron chi connectivity index (χ0n) is 23.0. The van der Waals surface area contributed by atoms with Gasteiger partial charge in [-0.2, -0.15) is 0 Å². The second-order valence-electron chi connectivity index (χ2n) is 10.3. The number of carbonyl (C=O) groups excluding carboxylic acids is 2. The molecule has 2 amide bonds. The highest BCUT2D eigenvalue weighted by molar-refractivity contribution is 7.94. The monoisotopic (exact) mass is 578 g/mol. The smallest absolute Gasteiger partial charge is 0.408 e. The molecule has 12 heteroatoms. The third-order valence-corrected chi connectivity index (χ3v) is 6.67. The Morgan fingerprint density at radius 2 is 1.82 bits per heavy atom. The second kappa shape index (κ2) is 14.6. The van der Waals surface area contributed by atoms with E-state index in [1.54, 1.807) is 39.0 Å². The van der Waals surface area contributed by atoms with Gasteiger partial charge in [0.1, 0.15) is 35.3 Å². The quantitative estimate of drug-likeness (QED) is 0.251. The van der Waals surface area contributed by atoms with Crippen LogP contribution in [0.2, 0.25) is 0 Å². The summed E-state index contributed by atoms with van der Waals surface area (Å²) in [6.07, 6.45) is -4.33. The molecule has 11 nitrogen and oxygen atoms in total. The van der Waals surface area contributed by atoms with Gasteiger partial charge in [-0.3, -0.25) is 4.79 Å². The van der Waals surface area contributed by atoms with E-state index >= 15 is 0 Å². The largest absolute Gasteiger partial charge is 0.465 e. The molecule has 40 heavy (non-hydrogen) atoms. The summed E-state index contributed by atoms with van der Waals surface area (Å²) in [6.45, 7) is 4.81. The van der Waals surface area contributed by atoms with E-state index in [-0.39, 0.29) is 18.7 Å². The highest BCUT2D eigenvalue weighted by Gasteiger charge is 2.37. The first-order chi connectivity index (χ1) is 19.0. The summed E-state index contributed by atoms with van der Waals surface area (Å²) >= 11 is 1.20. The van der Waals surface area contributed by atoms with Crippen molar-refractivity contribution in [1.82, 2.24) is 10.6 Å². The molecule has 1 saturated heterocycles. The van der Waals surface area contributed by atoms with Crippen molar-refractivity contribution in [2.75, 3.05) is 13.7 Å². The third kappa shape index (κ3) is 9.56. The molecule has 2 aromatic carbocycles. The number of alkyl carbamates (subject to hydrolysis) is 1. The summed E-state index contributed by atoms with van der Waals surface area (Å²) in [6, 6.07) is 13.7. The van der Waals surface area contributed by atoms with Gasteiger partial charge in [-0.05, 0) is 44.5 Å². The normalized spacial score (nSPS) is 21.7. The Morgan fingerprint density at radius 1 is 1.12 bits per heavy atom. The summed E-state index contributed by atoms with van der Waals surface area (Å²) in [4.78, 5) is 24.5. The molecule has 0 spiro atoms. The van der Waals surface area contributed by atoms with Gasteiger partial charge in [-0.1, -0.05) is 30.3 Å². The predicted octanol–water partition coefficient (Wildman–Crippen LogP) is 2.30. The van der Waals surface area contributed by atoms with Crippen molar-refractivity contribution < 1.29 is 43.3 Å². The molecular formula is C28H38N2O9S. The van der Waals surface area contributed by atoms with Crippen molar-refractivity contribution in [3.8, 4) is 11.5 Å². The molecule has 0 aliphatic carbocycles. The number of ether oxygens (including phenoxy) is 3. The fourth-order valence-corrected chi connectivity index (χ4v) is 4.60. The molecule has 5 atom stereocenters. The first-order valence-electron chi connectivity index (χ1n) is 13.0. The van der Waals surface area contributed by atoms with Crippen LogP contribution in [-0.2, 0) is 26.4 Å². The number of likely N-dealkylation sites (N-methyl/N-ethyl adjacent to an activating group) is 1. The minimum absolute atomic E-state index is 0.0655. The maximum atomic E-state index is 12.3. The Labute approximate surface area is 238 Å². The minimum Gasteiger partial charge on any atom is -0.465 e. The van der Waals surface area contributed by atoms with Crippen LogP contribution in [0.15, 0.2) is 48.5 Å². The van der Waals surface area contributed by atoms with Gasteiger partial charge in [0.05, 0.1) is 30.5 Å². The lowest BCUT2D eigenvalue weighted by molar-refractivity contribution is -0.230. The molecule has 5 N–H and O–H groups in total. The summed E-state index contributed by atoms with van der Waals surface area (Å²) in [5, 5.41) is 34.6. The van der Waals surface area contributed by atoms with Crippen LogP contribution in [0.25, 0.3) is 0 Å². The van der Waals surface area contributed by atoms with Gasteiger partial charge < -0.3 is 44.3 Å². The van der Waals surface area contributed by atoms with Gasteiger partial charge in [-0.25, -0.2) is 4.79 Å². The zero-order valence-corrected chi connectivity index (χ0v) is 23.8. The predicted molar refractivity (Wildman–Crippen MR) is 149 cm³/mol. The molecular weight excluding hydrogens is 540 g/mol. The average Bonchev–Trinajstić information content (AvgIpc) is 2.90. The van der Waals surface area contributed by atoms with E-state index in [0.717, 1.165) is 11.1 Å². The standard InChI is InChI=1S/C28H38N2O9S/c1-28(2,3)38-27(35)30-20(26(34)29-4)13-17-9-11-19(12-10-17)39-40-16-18-7-5-6-8-22(18)36-24-14-21(32)25(33)23(15-31)37-24/h5-12,20-21,23-25,31-33H,13-16H2,1-4H3,(H,29,34)(H,30,35). The van der Waals surface area contributed by atoms with Crippen molar-refractivity contribution in [3.05, 3.63) is 59.7 Å². The van der Waals surface area contributed by atoms with E-state index in [0.29, 0.717) is 17.3 Å². The van der Waals surface area contributed by atoms with Crippen molar-refractivity contribution in [2.24, 2.45) is 0 Å². The van der Waals surface area contributed by atoms with Crippen LogP contribution < -0.4 is 19.6 Å². The molecule has 1 aliphatic heterocycles. The number of hydrogen-bond donors (Lipinski definition) is 5. The fraction of sp³-hybridized carbons (Fsp3) is 0.500. The molecule has 3 rings (SSSR count). The van der Waals surface area contributed by atoms with E-state index in [2.05, 4.69) is 10.6 Å². The van der Waals surface area contributed by atoms with Crippen LogP contribution in [0.5, 0.6) is 11.5 Å². The maximum Gasteiger partial charge on any atom is 0.408 e. The fourth-order valence-electron chi connectivity index (χ4n) is 3.93. The molecule has 0 saturated carbocycles. The number of carbonyl (C=O) groups is 2. The summed E-state index contributed by atoms with van der Waals surface area (Å²) in [5.41, 5.74) is 0.969. The van der Waals surface area contributed by atoms with Crippen molar-refractivity contribution >= 4 is 24.0 Å². The molecule has 2 aromatic rings. The highest BCUT2D eigenvalue weighted by Crippen LogP contribution is 2.29. The van der Waals surface area contributed by atoms with Gasteiger partial charge in [-0.15, -0.1) is 0 Å². The second-order valence-corrected chi connectivity index (χ2v) is 11.0. The summed E-state index contributed by atoms with van der Waals surface area (Å²) < 4.78 is 22.6. The number of hydrogen-bond acceptors (Lipinski definition) is 10. The lowest BCUT2D eigenvalue weighted by Gasteiger charge is -2.36. The Bertz CT molecular complexity index is 1110. The Morgan fingerprint density at radius 3 is 2.48 bits per heavy atom. The molecule has 0 bridgehead atoms. The summed E-state index contributed by atoms with van der Waals surface area (Å²) in [7, 11) is 1.51. The Balaban J connectivity index is 1.54. The van der Waals surface area contributed by atoms with Crippen molar-refractivity contribution in [2.45, 2.75) is 75.6 Å². The van der Waals surface area contributed by atoms with Gasteiger partial charge in [0.25, 0.3) is 0 Å². The van der Waals surface area contributed by atoms with E-state index in [1.807, 2.05) is 30.3 Å². The van der Waals surface area contributed by atoms with Crippen molar-refractivity contribution in [3.63, 3.8) is 0 Å². The molecule has 1 heterocycles. The van der Waals surface area contributed by atoms with Crippen LogP contribution in [-0.4, -0.2) is 77.2 Å². The lowest BCUT2D eigenvalue weighted by Crippen LogP contribution is -2.51. The van der Waals surface area contributed by atoms with Crippen molar-refractivity contribution in [1.29, 1.82) is 0 Å². The number of amides is 2. The Kier molecular flexibility index (Phi) is 11.5. The van der Waals surface area contributed by atoms with E-state index in [9.17, 15) is 24.9 Å². The molecule has 0 aromatic heterocycles. The van der Waals surface area contributed by atoms with E-state index in [4.69, 9.17) is 18.4 Å². The van der Waals surface area contributed by atoms with Crippen LogP contribution in [0, 0.1) is 0 Å².